The van der Waals surface area contributed by atoms with Gasteiger partial charge in [-0.3, -0.25) is 4.79 Å². The Labute approximate surface area is 163 Å². The van der Waals surface area contributed by atoms with Gasteiger partial charge in [-0.05, 0) is 48.0 Å². The lowest BCUT2D eigenvalue weighted by atomic mass is 10.1. The number of carbonyl (C=O) groups is 1. The first kappa shape index (κ1) is 20.7. The van der Waals surface area contributed by atoms with Crippen molar-refractivity contribution in [2.45, 2.75) is 6.61 Å². The number of hydrogen-bond acceptors (Lipinski definition) is 5. The number of allylic oxidation sites excluding steroid dienone is 1. The Morgan fingerprint density at radius 1 is 0.963 bits per heavy atom. The molecule has 2 aromatic carbocycles. The van der Waals surface area contributed by atoms with E-state index in [1.54, 1.807) is 18.2 Å². The van der Waals surface area contributed by atoms with Crippen molar-refractivity contribution in [3.63, 3.8) is 0 Å². The number of methoxy groups -OCH3 is 3. The Morgan fingerprint density at radius 2 is 1.56 bits per heavy atom. The van der Waals surface area contributed by atoms with E-state index in [1.807, 2.05) is 0 Å². The normalized spacial score (nSPS) is 10.9. The van der Waals surface area contributed by atoms with Crippen LogP contribution in [0.5, 0.6) is 23.0 Å². The molecule has 0 fully saturated rings. The molecule has 0 N–H and O–H groups in total. The predicted molar refractivity (Wildman–Crippen MR) is 100 cm³/mol. The van der Waals surface area contributed by atoms with Crippen molar-refractivity contribution < 1.29 is 32.5 Å². The molecule has 0 aromatic heterocycles. The maximum Gasteiger partial charge on any atom is 0.387 e. The average molecular weight is 443 g/mol. The molecule has 0 aliphatic carbocycles. The van der Waals surface area contributed by atoms with E-state index >= 15 is 0 Å². The van der Waals surface area contributed by atoms with Crippen molar-refractivity contribution >= 4 is 27.8 Å². The van der Waals surface area contributed by atoms with Gasteiger partial charge in [0.1, 0.15) is 0 Å². The van der Waals surface area contributed by atoms with E-state index in [1.165, 1.54) is 45.6 Å². The van der Waals surface area contributed by atoms with Crippen LogP contribution in [0.1, 0.15) is 15.9 Å². The summed E-state index contributed by atoms with van der Waals surface area (Å²) in [6.07, 6.45) is 2.96. The first-order valence-electron chi connectivity index (χ1n) is 7.66. The van der Waals surface area contributed by atoms with Gasteiger partial charge in [0.25, 0.3) is 0 Å². The minimum atomic E-state index is -2.98. The summed E-state index contributed by atoms with van der Waals surface area (Å²) in [5, 5.41) is 0. The molecule has 5 nitrogen and oxygen atoms in total. The number of rotatable bonds is 8. The average Bonchev–Trinajstić information content (AvgIpc) is 2.66. The molecule has 0 bridgehead atoms. The number of ketones is 1. The van der Waals surface area contributed by atoms with E-state index in [0.717, 1.165) is 0 Å². The second-order valence-electron chi connectivity index (χ2n) is 5.17. The first-order chi connectivity index (χ1) is 12.9. The molecule has 0 saturated heterocycles. The highest BCUT2D eigenvalue weighted by molar-refractivity contribution is 9.10. The molecule has 0 aliphatic rings. The van der Waals surface area contributed by atoms with Crippen LogP contribution in [0, 0.1) is 0 Å². The Balaban J connectivity index is 2.26. The fourth-order valence-corrected chi connectivity index (χ4v) is 2.73. The number of carbonyl (C=O) groups excluding carboxylic acids is 1. The molecule has 27 heavy (non-hydrogen) atoms. The number of hydrogen-bond donors (Lipinski definition) is 0. The molecule has 0 unspecified atom stereocenters. The van der Waals surface area contributed by atoms with Gasteiger partial charge in [0.2, 0.25) is 0 Å². The third kappa shape index (κ3) is 5.19. The lowest BCUT2D eigenvalue weighted by molar-refractivity contribution is -0.0512. The van der Waals surface area contributed by atoms with Crippen LogP contribution in [0.3, 0.4) is 0 Å². The lowest BCUT2D eigenvalue weighted by Crippen LogP contribution is -2.04. The lowest BCUT2D eigenvalue weighted by Gasteiger charge is -2.11. The Morgan fingerprint density at radius 3 is 2.15 bits per heavy atom. The second kappa shape index (κ2) is 9.36. The third-order valence-electron chi connectivity index (χ3n) is 3.58. The van der Waals surface area contributed by atoms with E-state index in [-0.39, 0.29) is 22.8 Å². The topological polar surface area (TPSA) is 54.0 Å². The maximum atomic E-state index is 12.4. The second-order valence-corrected chi connectivity index (χ2v) is 6.02. The number of benzene rings is 2. The van der Waals surface area contributed by atoms with E-state index in [0.29, 0.717) is 21.5 Å². The largest absolute Gasteiger partial charge is 0.493 e. The molecule has 144 valence electrons. The molecule has 0 aliphatic heterocycles. The zero-order valence-corrected chi connectivity index (χ0v) is 16.4. The van der Waals surface area contributed by atoms with Crippen molar-refractivity contribution in [3.05, 3.63) is 52.0 Å². The Bertz CT molecular complexity index is 852. The van der Waals surface area contributed by atoms with Crippen molar-refractivity contribution in [3.8, 4) is 23.0 Å². The zero-order valence-electron chi connectivity index (χ0n) is 14.8. The van der Waals surface area contributed by atoms with Crippen LogP contribution in [0.2, 0.25) is 0 Å². The van der Waals surface area contributed by atoms with Gasteiger partial charge in [-0.25, -0.2) is 0 Å². The van der Waals surface area contributed by atoms with Crippen LogP contribution in [0.25, 0.3) is 6.08 Å². The monoisotopic (exact) mass is 442 g/mol. The summed E-state index contributed by atoms with van der Waals surface area (Å²) >= 11 is 3.41. The van der Waals surface area contributed by atoms with Gasteiger partial charge < -0.3 is 18.9 Å². The van der Waals surface area contributed by atoms with E-state index in [9.17, 15) is 13.6 Å². The molecule has 8 heteroatoms. The summed E-state index contributed by atoms with van der Waals surface area (Å²) in [5.41, 5.74) is 0.965. The van der Waals surface area contributed by atoms with Crippen molar-refractivity contribution in [1.29, 1.82) is 0 Å². The van der Waals surface area contributed by atoms with Crippen molar-refractivity contribution in [2.75, 3.05) is 21.3 Å². The van der Waals surface area contributed by atoms with Gasteiger partial charge >= 0.3 is 6.61 Å². The van der Waals surface area contributed by atoms with Crippen LogP contribution in [-0.2, 0) is 0 Å². The minimum Gasteiger partial charge on any atom is -0.493 e. The smallest absolute Gasteiger partial charge is 0.387 e. The molecule has 0 amide bonds. The van der Waals surface area contributed by atoms with Gasteiger partial charge in [-0.15, -0.1) is 0 Å². The fourth-order valence-electron chi connectivity index (χ4n) is 2.27. The highest BCUT2D eigenvalue weighted by atomic mass is 79.9. The van der Waals surface area contributed by atoms with Crippen LogP contribution in [0.15, 0.2) is 40.9 Å². The number of alkyl halides is 2. The highest BCUT2D eigenvalue weighted by Gasteiger charge is 2.13. The molecular formula is C19H17BrF2O5. The summed E-state index contributed by atoms with van der Waals surface area (Å²) in [5.74, 6) is 0.631. The van der Waals surface area contributed by atoms with Gasteiger partial charge in [-0.2, -0.15) is 8.78 Å². The summed E-state index contributed by atoms with van der Waals surface area (Å²) in [4.78, 5) is 12.4. The third-order valence-corrected chi connectivity index (χ3v) is 4.27. The van der Waals surface area contributed by atoms with E-state index in [2.05, 4.69) is 20.7 Å². The van der Waals surface area contributed by atoms with Gasteiger partial charge in [0, 0.05) is 10.0 Å². The maximum absolute atomic E-state index is 12.4. The zero-order chi connectivity index (χ0) is 20.0. The van der Waals surface area contributed by atoms with Crippen LogP contribution in [-0.4, -0.2) is 33.7 Å². The van der Waals surface area contributed by atoms with Crippen LogP contribution < -0.4 is 18.9 Å². The van der Waals surface area contributed by atoms with Gasteiger partial charge in [0.05, 0.1) is 21.3 Å². The number of ether oxygens (including phenoxy) is 4. The van der Waals surface area contributed by atoms with Crippen LogP contribution in [0.4, 0.5) is 8.78 Å². The Hall–Kier alpha value is -2.61. The molecule has 0 atom stereocenters. The summed E-state index contributed by atoms with van der Waals surface area (Å²) in [7, 11) is 4.34. The summed E-state index contributed by atoms with van der Waals surface area (Å²) in [6, 6.07) is 7.43. The van der Waals surface area contributed by atoms with Crippen molar-refractivity contribution in [1.82, 2.24) is 0 Å². The molecule has 2 rings (SSSR count). The minimum absolute atomic E-state index is 0.0434. The standard InChI is InChI=1S/C19H17BrF2O5/c1-24-16-9-12(5-7-15(16)27-19(21)22)14(23)6-4-11-8-17(25-2)18(26-3)10-13(11)20/h4-10,19H,1-3H3/b6-4+. The summed E-state index contributed by atoms with van der Waals surface area (Å²) < 4.78 is 45.3. The van der Waals surface area contributed by atoms with Gasteiger partial charge in [-0.1, -0.05) is 15.9 Å². The predicted octanol–water partition coefficient (Wildman–Crippen LogP) is 4.97. The SMILES string of the molecule is COc1cc(Br)c(/C=C/C(=O)c2ccc(OC(F)F)c(OC)c2)cc1OC. The fraction of sp³-hybridized carbons (Fsp3) is 0.211. The van der Waals surface area contributed by atoms with Crippen LogP contribution >= 0.6 is 15.9 Å². The molecule has 0 spiro atoms. The molecule has 0 saturated carbocycles. The molecular weight excluding hydrogens is 426 g/mol. The molecule has 2 aromatic rings. The molecule has 0 radical (unpaired) electrons. The van der Waals surface area contributed by atoms with E-state index in [4.69, 9.17) is 14.2 Å². The molecule has 0 heterocycles. The quantitative estimate of drug-likeness (QED) is 0.426. The Kier molecular flexibility index (Phi) is 7.18. The first-order valence-corrected chi connectivity index (χ1v) is 8.45. The van der Waals surface area contributed by atoms with E-state index < -0.39 is 6.61 Å². The highest BCUT2D eigenvalue weighted by Crippen LogP contribution is 2.34. The van der Waals surface area contributed by atoms with Crippen molar-refractivity contribution in [2.24, 2.45) is 0 Å². The summed E-state index contributed by atoms with van der Waals surface area (Å²) in [6.45, 7) is -2.98. The number of halogens is 3. The van der Waals surface area contributed by atoms with Gasteiger partial charge in [0.15, 0.2) is 28.8 Å².